The van der Waals surface area contributed by atoms with Crippen molar-refractivity contribution in [1.29, 1.82) is 0 Å². The molecule has 0 unspecified atom stereocenters. The number of ether oxygens (including phenoxy) is 1. The van der Waals surface area contributed by atoms with E-state index in [0.717, 1.165) is 16.6 Å². The van der Waals surface area contributed by atoms with Gasteiger partial charge in [0.2, 0.25) is 17.7 Å². The first kappa shape index (κ1) is 22.2. The van der Waals surface area contributed by atoms with E-state index in [4.69, 9.17) is 4.74 Å². The van der Waals surface area contributed by atoms with Crippen molar-refractivity contribution >= 4 is 51.0 Å². The van der Waals surface area contributed by atoms with E-state index in [1.165, 1.54) is 4.90 Å². The number of aryl methyl sites for hydroxylation is 1. The van der Waals surface area contributed by atoms with Gasteiger partial charge in [-0.25, -0.2) is 4.90 Å². The van der Waals surface area contributed by atoms with Crippen molar-refractivity contribution in [3.05, 3.63) is 64.7 Å². The highest BCUT2D eigenvalue weighted by Gasteiger charge is 2.59. The van der Waals surface area contributed by atoms with Crippen molar-refractivity contribution in [2.45, 2.75) is 19.8 Å². The Labute approximate surface area is 210 Å². The molecule has 178 valence electrons. The third-order valence-corrected chi connectivity index (χ3v) is 8.22. The summed E-state index contributed by atoms with van der Waals surface area (Å²) < 4.78 is 6.51. The summed E-state index contributed by atoms with van der Waals surface area (Å²) in [5.41, 5.74) is 1.95. The van der Waals surface area contributed by atoms with Crippen LogP contribution >= 0.6 is 15.9 Å². The SMILES string of the molecule is Cc1cc(OC(=O)[C@@H]2CC(=O)N(c3ccc(Br)cc3)C2)ccc1N1C(=O)[C@H]2[C@H](C1=O)[C@H]1C=C[C@H]2C1. The maximum absolute atomic E-state index is 13.1. The molecule has 0 spiro atoms. The van der Waals surface area contributed by atoms with E-state index in [-0.39, 0.29) is 54.4 Å². The van der Waals surface area contributed by atoms with Gasteiger partial charge in [-0.3, -0.25) is 19.2 Å². The number of allylic oxidation sites excluding steroid dienone is 2. The zero-order valence-corrected chi connectivity index (χ0v) is 20.6. The summed E-state index contributed by atoms with van der Waals surface area (Å²) in [6, 6.07) is 12.3. The van der Waals surface area contributed by atoms with Gasteiger partial charge in [0.15, 0.2) is 0 Å². The smallest absolute Gasteiger partial charge is 0.316 e. The highest BCUT2D eigenvalue weighted by atomic mass is 79.9. The third kappa shape index (κ3) is 3.54. The maximum atomic E-state index is 13.1. The van der Waals surface area contributed by atoms with Crippen molar-refractivity contribution in [1.82, 2.24) is 0 Å². The average molecular weight is 535 g/mol. The van der Waals surface area contributed by atoms with Gasteiger partial charge in [-0.05, 0) is 73.2 Å². The number of esters is 1. The molecule has 0 radical (unpaired) electrons. The number of benzene rings is 2. The number of amides is 3. The largest absolute Gasteiger partial charge is 0.426 e. The fraction of sp³-hybridized carbons (Fsp3) is 0.333. The highest BCUT2D eigenvalue weighted by Crippen LogP contribution is 2.53. The number of hydrogen-bond acceptors (Lipinski definition) is 5. The first-order valence-electron chi connectivity index (χ1n) is 11.8. The number of imide groups is 1. The second-order valence-corrected chi connectivity index (χ2v) is 10.7. The molecular formula is C27H23BrN2O5. The lowest BCUT2D eigenvalue weighted by Gasteiger charge is -2.20. The number of fused-ring (bicyclic) bond motifs is 5. The first-order valence-corrected chi connectivity index (χ1v) is 12.6. The van der Waals surface area contributed by atoms with E-state index in [0.29, 0.717) is 17.0 Å². The van der Waals surface area contributed by atoms with Gasteiger partial charge in [-0.15, -0.1) is 0 Å². The minimum atomic E-state index is -0.574. The van der Waals surface area contributed by atoms with Gasteiger partial charge in [0.05, 0.1) is 23.4 Å². The molecule has 2 bridgehead atoms. The monoisotopic (exact) mass is 534 g/mol. The van der Waals surface area contributed by atoms with Crippen molar-refractivity contribution in [3.63, 3.8) is 0 Å². The lowest BCUT2D eigenvalue weighted by molar-refractivity contribution is -0.139. The van der Waals surface area contributed by atoms with Crippen molar-refractivity contribution < 1.29 is 23.9 Å². The van der Waals surface area contributed by atoms with Crippen LogP contribution in [0.3, 0.4) is 0 Å². The third-order valence-electron chi connectivity index (χ3n) is 7.69. The van der Waals surface area contributed by atoms with E-state index >= 15 is 0 Å². The number of halogens is 1. The van der Waals surface area contributed by atoms with Crippen LogP contribution in [0.1, 0.15) is 18.4 Å². The second-order valence-electron chi connectivity index (χ2n) is 9.76. The van der Waals surface area contributed by atoms with Crippen LogP contribution in [-0.2, 0) is 19.2 Å². The Morgan fingerprint density at radius 3 is 2.26 bits per heavy atom. The fourth-order valence-corrected chi connectivity index (χ4v) is 6.28. The lowest BCUT2D eigenvalue weighted by Crippen LogP contribution is -2.33. The molecule has 3 amide bonds. The molecule has 3 fully saturated rings. The zero-order valence-electron chi connectivity index (χ0n) is 19.0. The van der Waals surface area contributed by atoms with Crippen LogP contribution in [0.2, 0.25) is 0 Å². The van der Waals surface area contributed by atoms with Gasteiger partial charge >= 0.3 is 5.97 Å². The van der Waals surface area contributed by atoms with Crippen LogP contribution in [0.5, 0.6) is 5.75 Å². The molecular weight excluding hydrogens is 512 g/mol. The van der Waals surface area contributed by atoms with Crippen molar-refractivity contribution in [3.8, 4) is 5.75 Å². The predicted octanol–water partition coefficient (Wildman–Crippen LogP) is 4.03. The molecule has 0 N–H and O–H groups in total. The summed E-state index contributed by atoms with van der Waals surface area (Å²) in [6.45, 7) is 2.05. The Hall–Kier alpha value is -3.26. The lowest BCUT2D eigenvalue weighted by atomic mass is 9.85. The molecule has 4 aliphatic rings. The molecule has 35 heavy (non-hydrogen) atoms. The summed E-state index contributed by atoms with van der Waals surface area (Å²) in [5, 5.41) is 0. The van der Waals surface area contributed by atoms with Crippen molar-refractivity contribution in [2.75, 3.05) is 16.3 Å². The van der Waals surface area contributed by atoms with Crippen LogP contribution in [0.4, 0.5) is 11.4 Å². The van der Waals surface area contributed by atoms with Gasteiger partial charge in [0.1, 0.15) is 5.75 Å². The van der Waals surface area contributed by atoms with E-state index in [9.17, 15) is 19.2 Å². The minimum absolute atomic E-state index is 0.0852. The van der Waals surface area contributed by atoms with Gasteiger partial charge in [0, 0.05) is 23.1 Å². The van der Waals surface area contributed by atoms with Crippen LogP contribution < -0.4 is 14.5 Å². The quantitative estimate of drug-likeness (QED) is 0.256. The molecule has 8 heteroatoms. The van der Waals surface area contributed by atoms with Crippen molar-refractivity contribution in [2.24, 2.45) is 29.6 Å². The number of rotatable bonds is 4. The summed E-state index contributed by atoms with van der Waals surface area (Å²) >= 11 is 3.38. The number of hydrogen-bond donors (Lipinski definition) is 0. The van der Waals surface area contributed by atoms with E-state index < -0.39 is 11.9 Å². The molecule has 2 aromatic rings. The van der Waals surface area contributed by atoms with E-state index in [1.54, 1.807) is 30.0 Å². The van der Waals surface area contributed by atoms with Gasteiger partial charge < -0.3 is 9.64 Å². The van der Waals surface area contributed by atoms with E-state index in [2.05, 4.69) is 28.1 Å². The number of carbonyl (C=O) groups excluding carboxylic acids is 4. The second kappa shape index (κ2) is 8.16. The number of anilines is 2. The molecule has 7 nitrogen and oxygen atoms in total. The van der Waals surface area contributed by atoms with E-state index in [1.807, 2.05) is 24.3 Å². The molecule has 0 aromatic heterocycles. The van der Waals surface area contributed by atoms with Crippen LogP contribution in [0.15, 0.2) is 59.1 Å². The molecule has 6 rings (SSSR count). The Morgan fingerprint density at radius 1 is 0.971 bits per heavy atom. The molecule has 2 aromatic carbocycles. The van der Waals surface area contributed by atoms with Crippen LogP contribution in [-0.4, -0.2) is 30.2 Å². The maximum Gasteiger partial charge on any atom is 0.316 e. The Bertz CT molecular complexity index is 1270. The Kier molecular flexibility index (Phi) is 5.18. The normalized spacial score (nSPS) is 28.9. The fourth-order valence-electron chi connectivity index (χ4n) is 6.02. The van der Waals surface area contributed by atoms with Gasteiger partial charge in [0.25, 0.3) is 0 Å². The highest BCUT2D eigenvalue weighted by molar-refractivity contribution is 9.10. The average Bonchev–Trinajstić information content (AvgIpc) is 3.59. The molecule has 1 saturated carbocycles. The molecule has 5 atom stereocenters. The zero-order chi connectivity index (χ0) is 24.4. The summed E-state index contributed by atoms with van der Waals surface area (Å²) in [4.78, 5) is 54.5. The Morgan fingerprint density at radius 2 is 1.63 bits per heavy atom. The van der Waals surface area contributed by atoms with Gasteiger partial charge in [-0.1, -0.05) is 28.1 Å². The summed E-state index contributed by atoms with van der Waals surface area (Å²) in [6.07, 6.45) is 5.11. The number of carbonyl (C=O) groups is 4. The molecule has 2 aliphatic heterocycles. The Balaban J connectivity index is 1.15. The standard InChI is InChI=1S/C27H23BrN2O5/c1-14-10-20(35-27(34)17-12-22(31)29(13-17)19-6-4-18(28)5-7-19)8-9-21(14)30-25(32)23-15-2-3-16(11-15)24(23)26(30)33/h2-10,15-17,23-24H,11-13H2,1H3/t15-,16-,17+,23+,24+/m0/s1. The first-order chi connectivity index (χ1) is 16.8. The van der Waals surface area contributed by atoms with Crippen LogP contribution in [0.25, 0.3) is 0 Å². The molecule has 2 heterocycles. The summed E-state index contributed by atoms with van der Waals surface area (Å²) in [5.74, 6) is -1.34. The summed E-state index contributed by atoms with van der Waals surface area (Å²) in [7, 11) is 0. The number of nitrogens with zero attached hydrogens (tertiary/aromatic N) is 2. The molecule has 2 aliphatic carbocycles. The minimum Gasteiger partial charge on any atom is -0.426 e. The topological polar surface area (TPSA) is 84.0 Å². The molecule has 2 saturated heterocycles. The van der Waals surface area contributed by atoms with Gasteiger partial charge in [-0.2, -0.15) is 0 Å². The van der Waals surface area contributed by atoms with Crippen LogP contribution in [0, 0.1) is 36.5 Å². The predicted molar refractivity (Wildman–Crippen MR) is 132 cm³/mol.